The molecule has 0 aliphatic rings. The fraction of sp³-hybridized carbons (Fsp3) is 0.286. The zero-order chi connectivity index (χ0) is 26.3. The Morgan fingerprint density at radius 1 is 0.944 bits per heavy atom. The number of aromatic nitrogens is 1. The summed E-state index contributed by atoms with van der Waals surface area (Å²) in [6.07, 6.45) is 1.31. The summed E-state index contributed by atoms with van der Waals surface area (Å²) in [5.41, 5.74) is 1.36. The van der Waals surface area contributed by atoms with Crippen LogP contribution in [0.4, 0.5) is 15.9 Å². The van der Waals surface area contributed by atoms with Gasteiger partial charge in [0.15, 0.2) is 0 Å². The number of nitrogens with one attached hydrogen (secondary N) is 2. The van der Waals surface area contributed by atoms with E-state index in [0.717, 1.165) is 5.56 Å². The number of carbonyl (C=O) groups is 3. The van der Waals surface area contributed by atoms with Crippen LogP contribution in [0.1, 0.15) is 50.8 Å². The SMILES string of the molecule is Cc1ccc(N(C(=O)CCC(=O)Nc2ccccn2)[C@H](C(=O)NC(C)(C)C)c2ccc(F)cc2)cc1. The quantitative estimate of drug-likeness (QED) is 0.468. The molecule has 8 heteroatoms. The van der Waals surface area contributed by atoms with Gasteiger partial charge in [-0.3, -0.25) is 19.3 Å². The minimum atomic E-state index is -1.07. The number of nitrogens with zero attached hydrogens (tertiary/aromatic N) is 2. The van der Waals surface area contributed by atoms with Gasteiger partial charge >= 0.3 is 0 Å². The van der Waals surface area contributed by atoms with E-state index in [9.17, 15) is 18.8 Å². The molecule has 3 aromatic rings. The number of benzene rings is 2. The van der Waals surface area contributed by atoms with Crippen LogP contribution in [0.2, 0.25) is 0 Å². The van der Waals surface area contributed by atoms with Crippen molar-refractivity contribution in [1.82, 2.24) is 10.3 Å². The molecule has 1 heterocycles. The summed E-state index contributed by atoms with van der Waals surface area (Å²) in [4.78, 5) is 45.0. The molecule has 2 N–H and O–H groups in total. The minimum absolute atomic E-state index is 0.102. The largest absolute Gasteiger partial charge is 0.349 e. The van der Waals surface area contributed by atoms with Crippen molar-refractivity contribution in [1.29, 1.82) is 0 Å². The molecule has 0 fully saturated rings. The Labute approximate surface area is 210 Å². The summed E-state index contributed by atoms with van der Waals surface area (Å²) in [7, 11) is 0. The number of amides is 3. The van der Waals surface area contributed by atoms with Crippen molar-refractivity contribution < 1.29 is 18.8 Å². The van der Waals surface area contributed by atoms with Gasteiger partial charge in [0, 0.05) is 30.3 Å². The number of aryl methyl sites for hydroxylation is 1. The van der Waals surface area contributed by atoms with E-state index in [1.807, 2.05) is 39.8 Å². The van der Waals surface area contributed by atoms with E-state index >= 15 is 0 Å². The zero-order valence-electron chi connectivity index (χ0n) is 20.9. The third-order valence-electron chi connectivity index (χ3n) is 5.27. The van der Waals surface area contributed by atoms with Crippen molar-refractivity contribution in [3.63, 3.8) is 0 Å². The van der Waals surface area contributed by atoms with E-state index in [2.05, 4.69) is 15.6 Å². The lowest BCUT2D eigenvalue weighted by Crippen LogP contribution is -2.49. The number of carbonyl (C=O) groups excluding carboxylic acids is 3. The summed E-state index contributed by atoms with van der Waals surface area (Å²) < 4.78 is 13.7. The minimum Gasteiger partial charge on any atom is -0.349 e. The van der Waals surface area contributed by atoms with E-state index in [4.69, 9.17) is 0 Å². The summed E-state index contributed by atoms with van der Waals surface area (Å²) in [6, 6.07) is 16.7. The second-order valence-electron chi connectivity index (χ2n) is 9.56. The van der Waals surface area contributed by atoms with E-state index in [1.165, 1.54) is 29.2 Å². The molecule has 36 heavy (non-hydrogen) atoms. The first-order valence-electron chi connectivity index (χ1n) is 11.7. The van der Waals surface area contributed by atoms with E-state index in [-0.39, 0.29) is 18.7 Å². The average Bonchev–Trinajstić information content (AvgIpc) is 2.82. The van der Waals surface area contributed by atoms with Crippen molar-refractivity contribution in [3.8, 4) is 0 Å². The molecule has 0 saturated carbocycles. The van der Waals surface area contributed by atoms with Crippen LogP contribution < -0.4 is 15.5 Å². The molecule has 1 atom stereocenters. The van der Waals surface area contributed by atoms with Gasteiger partial charge in [0.1, 0.15) is 17.7 Å². The Hall–Kier alpha value is -4.07. The maximum Gasteiger partial charge on any atom is 0.248 e. The van der Waals surface area contributed by atoms with Gasteiger partial charge < -0.3 is 10.6 Å². The summed E-state index contributed by atoms with van der Waals surface area (Å²) in [5.74, 6) is -1.27. The molecular formula is C28H31FN4O3. The van der Waals surface area contributed by atoms with Crippen LogP contribution in [0, 0.1) is 12.7 Å². The predicted molar refractivity (Wildman–Crippen MR) is 138 cm³/mol. The predicted octanol–water partition coefficient (Wildman–Crippen LogP) is 4.94. The monoisotopic (exact) mass is 490 g/mol. The highest BCUT2D eigenvalue weighted by Gasteiger charge is 2.34. The third kappa shape index (κ3) is 7.46. The second kappa shape index (κ2) is 11.6. The molecule has 188 valence electrons. The van der Waals surface area contributed by atoms with Crippen LogP contribution in [-0.4, -0.2) is 28.2 Å². The van der Waals surface area contributed by atoms with Crippen LogP contribution in [0.3, 0.4) is 0 Å². The fourth-order valence-electron chi connectivity index (χ4n) is 3.63. The molecule has 1 aromatic heterocycles. The van der Waals surface area contributed by atoms with Crippen molar-refractivity contribution in [3.05, 3.63) is 89.9 Å². The molecule has 0 unspecified atom stereocenters. The van der Waals surface area contributed by atoms with Gasteiger partial charge in [-0.2, -0.15) is 0 Å². The van der Waals surface area contributed by atoms with Crippen molar-refractivity contribution >= 4 is 29.2 Å². The van der Waals surface area contributed by atoms with Crippen LogP contribution in [0.5, 0.6) is 0 Å². The Balaban J connectivity index is 1.94. The first-order valence-corrected chi connectivity index (χ1v) is 11.7. The van der Waals surface area contributed by atoms with Crippen LogP contribution in [-0.2, 0) is 14.4 Å². The fourth-order valence-corrected chi connectivity index (χ4v) is 3.63. The summed E-state index contributed by atoms with van der Waals surface area (Å²) >= 11 is 0. The normalized spacial score (nSPS) is 11.9. The second-order valence-corrected chi connectivity index (χ2v) is 9.56. The van der Waals surface area contributed by atoms with Crippen LogP contribution >= 0.6 is 0 Å². The van der Waals surface area contributed by atoms with E-state index in [1.54, 1.807) is 36.5 Å². The summed E-state index contributed by atoms with van der Waals surface area (Å²) in [5, 5.41) is 5.59. The molecule has 3 rings (SSSR count). The molecule has 0 aliphatic heterocycles. The summed E-state index contributed by atoms with van der Waals surface area (Å²) in [6.45, 7) is 7.44. The molecular weight excluding hydrogens is 459 g/mol. The lowest BCUT2D eigenvalue weighted by molar-refractivity contribution is -0.128. The number of hydrogen-bond donors (Lipinski definition) is 2. The Bertz CT molecular complexity index is 1190. The van der Waals surface area contributed by atoms with Gasteiger partial charge in [-0.15, -0.1) is 0 Å². The molecule has 2 aromatic carbocycles. The van der Waals surface area contributed by atoms with Gasteiger partial charge in [-0.1, -0.05) is 35.9 Å². The van der Waals surface area contributed by atoms with Gasteiger partial charge in [0.2, 0.25) is 17.7 Å². The maximum absolute atomic E-state index is 13.7. The highest BCUT2D eigenvalue weighted by Crippen LogP contribution is 2.30. The molecule has 0 aliphatic carbocycles. The van der Waals surface area contributed by atoms with Crippen molar-refractivity contribution in [2.24, 2.45) is 0 Å². The van der Waals surface area contributed by atoms with Crippen molar-refractivity contribution in [2.75, 3.05) is 10.2 Å². The third-order valence-corrected chi connectivity index (χ3v) is 5.27. The topological polar surface area (TPSA) is 91.4 Å². The standard InChI is InChI=1S/C28H31FN4O3/c1-19-8-14-22(15-9-19)33(25(35)17-16-24(34)31-23-7-5-6-18-30-23)26(27(36)32-28(2,3)4)20-10-12-21(29)13-11-20/h5-15,18,26H,16-17H2,1-4H3,(H,32,36)(H,30,31,34)/t26-/m0/s1. The molecule has 0 radical (unpaired) electrons. The number of pyridine rings is 1. The zero-order valence-corrected chi connectivity index (χ0v) is 20.9. The molecule has 0 spiro atoms. The lowest BCUT2D eigenvalue weighted by Gasteiger charge is -2.34. The lowest BCUT2D eigenvalue weighted by atomic mass is 10.00. The highest BCUT2D eigenvalue weighted by molar-refractivity contribution is 6.03. The van der Waals surface area contributed by atoms with Gasteiger partial charge in [-0.25, -0.2) is 9.37 Å². The molecule has 0 bridgehead atoms. The van der Waals surface area contributed by atoms with E-state index < -0.39 is 29.2 Å². The van der Waals surface area contributed by atoms with E-state index in [0.29, 0.717) is 17.1 Å². The van der Waals surface area contributed by atoms with Gasteiger partial charge in [0.05, 0.1) is 0 Å². The first kappa shape index (κ1) is 26.5. The molecule has 0 saturated heterocycles. The number of halogens is 1. The van der Waals surface area contributed by atoms with Gasteiger partial charge in [-0.05, 0) is 69.7 Å². The number of hydrogen-bond acceptors (Lipinski definition) is 4. The molecule has 7 nitrogen and oxygen atoms in total. The number of anilines is 2. The Morgan fingerprint density at radius 3 is 2.19 bits per heavy atom. The van der Waals surface area contributed by atoms with Crippen LogP contribution in [0.15, 0.2) is 72.9 Å². The van der Waals surface area contributed by atoms with Gasteiger partial charge in [0.25, 0.3) is 0 Å². The highest BCUT2D eigenvalue weighted by atomic mass is 19.1. The average molecular weight is 491 g/mol. The maximum atomic E-state index is 13.7. The number of rotatable bonds is 8. The first-order chi connectivity index (χ1) is 17.0. The Morgan fingerprint density at radius 2 is 1.61 bits per heavy atom. The van der Waals surface area contributed by atoms with Crippen LogP contribution in [0.25, 0.3) is 0 Å². The molecule has 3 amide bonds. The van der Waals surface area contributed by atoms with Crippen molar-refractivity contribution in [2.45, 2.75) is 52.1 Å². The smallest absolute Gasteiger partial charge is 0.248 e. The Kier molecular flexibility index (Phi) is 8.53.